The van der Waals surface area contributed by atoms with Gasteiger partial charge in [-0.3, -0.25) is 23.4 Å². The minimum atomic E-state index is -3.81. The normalized spacial score (nSPS) is 28.7. The smallest absolute Gasteiger partial charge is 0.408 e. The SMILES string of the molecule is CC1(C)OCC(CCOP(=O)(OC[C@H]2O[C@@H](n3cc(F)c(=O)[nH]c3=O)C[C@@H]2O[Si](C)(C)C(C)(C)C)N2CCOCC2)O1. The lowest BCUT2D eigenvalue weighted by Gasteiger charge is -2.39. The van der Waals surface area contributed by atoms with Crippen LogP contribution in [0, 0.1) is 5.82 Å². The predicted octanol–water partition coefficient (Wildman–Crippen LogP) is 3.37. The Labute approximate surface area is 246 Å². The number of morpholine rings is 1. The molecule has 1 N–H and O–H groups in total. The van der Waals surface area contributed by atoms with Crippen LogP contribution in [0.25, 0.3) is 0 Å². The second kappa shape index (κ2) is 13.0. The van der Waals surface area contributed by atoms with Crippen molar-refractivity contribution in [3.8, 4) is 0 Å². The number of hydrogen-bond donors (Lipinski definition) is 1. The Balaban J connectivity index is 1.51. The van der Waals surface area contributed by atoms with Gasteiger partial charge in [-0.1, -0.05) is 20.8 Å². The zero-order valence-electron chi connectivity index (χ0n) is 25.6. The molecular formula is C26H45FN3O10PSi. The average Bonchev–Trinajstić information content (AvgIpc) is 3.46. The molecular weight excluding hydrogens is 592 g/mol. The van der Waals surface area contributed by atoms with Crippen LogP contribution >= 0.6 is 7.75 Å². The van der Waals surface area contributed by atoms with Crippen molar-refractivity contribution in [1.29, 1.82) is 0 Å². The molecule has 2 unspecified atom stereocenters. The monoisotopic (exact) mass is 637 g/mol. The minimum absolute atomic E-state index is 0.114. The highest BCUT2D eigenvalue weighted by molar-refractivity contribution is 7.51. The lowest BCUT2D eigenvalue weighted by molar-refractivity contribution is -0.139. The van der Waals surface area contributed by atoms with E-state index in [0.29, 0.717) is 39.3 Å². The standard InChI is InChI=1S/C26H45FN3O10PSi/c1-25(2,3)42(6,7)40-20-14-22(30-15-19(27)23(31)28-24(30)32)38-21(20)17-37-41(33,29-9-12-34-13-10-29)36-11-8-18-16-35-26(4,5)39-18/h15,18,20-22H,8-14,16-17H2,1-7H3,(H,28,31,32)/t18?,20-,21+,22+,41?/m0/s1. The van der Waals surface area contributed by atoms with Gasteiger partial charge in [0, 0.05) is 19.5 Å². The Kier molecular flexibility index (Phi) is 10.4. The molecule has 240 valence electrons. The summed E-state index contributed by atoms with van der Waals surface area (Å²) in [5, 5.41) is -0.135. The summed E-state index contributed by atoms with van der Waals surface area (Å²) >= 11 is 0. The number of H-pyrrole nitrogens is 1. The molecule has 0 bridgehead atoms. The number of rotatable bonds is 11. The molecule has 0 saturated carbocycles. The van der Waals surface area contributed by atoms with Crippen LogP contribution in [-0.4, -0.2) is 92.8 Å². The molecule has 1 aromatic heterocycles. The van der Waals surface area contributed by atoms with E-state index in [4.69, 9.17) is 32.4 Å². The molecule has 0 amide bonds. The molecule has 16 heteroatoms. The maximum atomic E-state index is 14.2. The van der Waals surface area contributed by atoms with Gasteiger partial charge in [0.05, 0.1) is 51.4 Å². The molecule has 1 aromatic rings. The number of halogens is 1. The van der Waals surface area contributed by atoms with E-state index in [-0.39, 0.29) is 30.8 Å². The number of hydrogen-bond acceptors (Lipinski definition) is 10. The van der Waals surface area contributed by atoms with Crippen LogP contribution in [-0.2, 0) is 37.0 Å². The largest absolute Gasteiger partial charge is 0.411 e. The van der Waals surface area contributed by atoms with Gasteiger partial charge in [0.25, 0.3) is 5.56 Å². The van der Waals surface area contributed by atoms with Gasteiger partial charge in [-0.05, 0) is 38.4 Å². The van der Waals surface area contributed by atoms with E-state index >= 15 is 0 Å². The zero-order chi connectivity index (χ0) is 30.9. The van der Waals surface area contributed by atoms with Crippen LogP contribution < -0.4 is 11.2 Å². The number of nitrogens with zero attached hydrogens (tertiary/aromatic N) is 2. The van der Waals surface area contributed by atoms with E-state index < -0.39 is 57.4 Å². The molecule has 0 radical (unpaired) electrons. The van der Waals surface area contributed by atoms with Gasteiger partial charge in [-0.2, -0.15) is 4.39 Å². The fourth-order valence-corrected chi connectivity index (χ4v) is 7.83. The van der Waals surface area contributed by atoms with Gasteiger partial charge in [-0.15, -0.1) is 0 Å². The first-order valence-electron chi connectivity index (χ1n) is 14.4. The first-order chi connectivity index (χ1) is 19.5. The van der Waals surface area contributed by atoms with Crippen molar-refractivity contribution >= 4 is 16.1 Å². The average molecular weight is 638 g/mol. The van der Waals surface area contributed by atoms with Crippen LogP contribution in [0.1, 0.15) is 53.7 Å². The first kappa shape index (κ1) is 33.6. The Morgan fingerprint density at radius 1 is 1.19 bits per heavy atom. The van der Waals surface area contributed by atoms with Crippen LogP contribution in [0.15, 0.2) is 15.8 Å². The summed E-state index contributed by atoms with van der Waals surface area (Å²) in [7, 11) is -6.14. The molecule has 0 aliphatic carbocycles. The van der Waals surface area contributed by atoms with Crippen LogP contribution in [0.5, 0.6) is 0 Å². The first-order valence-corrected chi connectivity index (χ1v) is 18.8. The van der Waals surface area contributed by atoms with E-state index in [1.807, 2.05) is 18.8 Å². The van der Waals surface area contributed by atoms with Crippen molar-refractivity contribution in [3.05, 3.63) is 32.9 Å². The highest BCUT2D eigenvalue weighted by Gasteiger charge is 2.47. The van der Waals surface area contributed by atoms with Crippen molar-refractivity contribution < 1.29 is 41.4 Å². The molecule has 3 aliphatic heterocycles. The molecule has 0 aromatic carbocycles. The fourth-order valence-electron chi connectivity index (χ4n) is 4.75. The number of ether oxygens (including phenoxy) is 4. The second-order valence-corrected chi connectivity index (χ2v) is 19.6. The molecule has 0 spiro atoms. The van der Waals surface area contributed by atoms with E-state index in [2.05, 4.69) is 33.9 Å². The van der Waals surface area contributed by atoms with Gasteiger partial charge in [0.2, 0.25) is 5.82 Å². The summed E-state index contributed by atoms with van der Waals surface area (Å²) in [6.45, 7) is 16.0. The molecule has 4 rings (SSSR count). The Hall–Kier alpha value is -1.26. The lowest BCUT2D eigenvalue weighted by Crippen LogP contribution is -2.46. The van der Waals surface area contributed by atoms with E-state index in [1.165, 1.54) is 0 Å². The second-order valence-electron chi connectivity index (χ2n) is 12.8. The number of aromatic nitrogens is 2. The zero-order valence-corrected chi connectivity index (χ0v) is 27.4. The molecule has 3 aliphatic rings. The summed E-state index contributed by atoms with van der Waals surface area (Å²) in [6, 6.07) is 0. The minimum Gasteiger partial charge on any atom is -0.411 e. The van der Waals surface area contributed by atoms with Crippen molar-refractivity contribution in [2.24, 2.45) is 0 Å². The molecule has 4 heterocycles. The summed E-state index contributed by atoms with van der Waals surface area (Å²) in [5.74, 6) is -1.79. The molecule has 13 nitrogen and oxygen atoms in total. The van der Waals surface area contributed by atoms with Crippen molar-refractivity contribution in [2.75, 3.05) is 46.1 Å². The van der Waals surface area contributed by atoms with Gasteiger partial charge in [-0.25, -0.2) is 14.0 Å². The highest BCUT2D eigenvalue weighted by Crippen LogP contribution is 2.53. The van der Waals surface area contributed by atoms with Crippen LogP contribution in [0.3, 0.4) is 0 Å². The number of aromatic amines is 1. The third kappa shape index (κ3) is 8.06. The summed E-state index contributed by atoms with van der Waals surface area (Å²) in [4.78, 5) is 26.1. The van der Waals surface area contributed by atoms with Gasteiger partial charge >= 0.3 is 13.4 Å². The van der Waals surface area contributed by atoms with E-state index in [1.54, 1.807) is 4.67 Å². The summed E-state index contributed by atoms with van der Waals surface area (Å²) < 4.78 is 72.7. The maximum absolute atomic E-state index is 14.2. The lowest BCUT2D eigenvalue weighted by atomic mass is 10.2. The van der Waals surface area contributed by atoms with Gasteiger partial charge in [0.15, 0.2) is 14.1 Å². The Morgan fingerprint density at radius 2 is 1.88 bits per heavy atom. The van der Waals surface area contributed by atoms with Crippen LogP contribution in [0.2, 0.25) is 18.1 Å². The third-order valence-electron chi connectivity index (χ3n) is 8.16. The Morgan fingerprint density at radius 3 is 2.50 bits per heavy atom. The quantitative estimate of drug-likeness (QED) is 0.282. The molecule has 5 atom stereocenters. The van der Waals surface area contributed by atoms with Crippen molar-refractivity contribution in [3.63, 3.8) is 0 Å². The highest BCUT2D eigenvalue weighted by atomic mass is 31.2. The maximum Gasteiger partial charge on any atom is 0.408 e. The van der Waals surface area contributed by atoms with E-state index in [9.17, 15) is 18.5 Å². The third-order valence-corrected chi connectivity index (χ3v) is 14.7. The molecule has 42 heavy (non-hydrogen) atoms. The Bertz CT molecular complexity index is 1250. The molecule has 3 saturated heterocycles. The van der Waals surface area contributed by atoms with Gasteiger partial charge in [0.1, 0.15) is 12.3 Å². The summed E-state index contributed by atoms with van der Waals surface area (Å²) in [6.07, 6.45) is -0.950. The number of nitrogens with one attached hydrogen (secondary N) is 1. The van der Waals surface area contributed by atoms with E-state index in [0.717, 1.165) is 10.8 Å². The van der Waals surface area contributed by atoms with Crippen molar-refractivity contribution in [2.45, 2.75) is 95.9 Å². The predicted molar refractivity (Wildman–Crippen MR) is 153 cm³/mol. The fraction of sp³-hybridized carbons (Fsp3) is 0.846. The topological polar surface area (TPSA) is 140 Å². The van der Waals surface area contributed by atoms with Crippen molar-refractivity contribution in [1.82, 2.24) is 14.2 Å². The van der Waals surface area contributed by atoms with Gasteiger partial charge < -0.3 is 23.4 Å². The molecule has 3 fully saturated rings. The van der Waals surface area contributed by atoms with Crippen LogP contribution in [0.4, 0.5) is 4.39 Å². The summed E-state index contributed by atoms with van der Waals surface area (Å²) in [5.41, 5.74) is -1.91.